The van der Waals surface area contributed by atoms with E-state index >= 15 is 0 Å². The lowest BCUT2D eigenvalue weighted by atomic mass is 10.1. The third-order valence-electron chi connectivity index (χ3n) is 5.27. The number of hydrogen-bond acceptors (Lipinski definition) is 7. The fraction of sp³-hybridized carbons (Fsp3) is 0.273. The molecule has 32 heavy (non-hydrogen) atoms. The zero-order valence-electron chi connectivity index (χ0n) is 17.4. The van der Waals surface area contributed by atoms with Crippen LogP contribution in [0, 0.1) is 6.92 Å². The van der Waals surface area contributed by atoms with Gasteiger partial charge in [0.15, 0.2) is 9.84 Å². The number of nitrogens with one attached hydrogen (secondary N) is 1. The molecule has 2 amide bonds. The van der Waals surface area contributed by atoms with E-state index < -0.39 is 15.7 Å². The predicted molar refractivity (Wildman–Crippen MR) is 123 cm³/mol. The van der Waals surface area contributed by atoms with Crippen LogP contribution in [0.2, 0.25) is 0 Å². The summed E-state index contributed by atoms with van der Waals surface area (Å²) in [5.74, 6) is -0.826. The van der Waals surface area contributed by atoms with Crippen molar-refractivity contribution in [3.05, 3.63) is 65.2 Å². The third-order valence-corrected chi connectivity index (χ3v) is 8.00. The Morgan fingerprint density at radius 1 is 1.12 bits per heavy atom. The summed E-state index contributed by atoms with van der Waals surface area (Å²) in [6.45, 7) is 2.47. The van der Waals surface area contributed by atoms with E-state index in [0.29, 0.717) is 23.1 Å². The fourth-order valence-corrected chi connectivity index (χ4v) is 5.69. The first-order valence-electron chi connectivity index (χ1n) is 10.1. The summed E-state index contributed by atoms with van der Waals surface area (Å²) in [5, 5.41) is 11.7. The van der Waals surface area contributed by atoms with Crippen molar-refractivity contribution in [1.82, 2.24) is 10.2 Å². The molecule has 166 valence electrons. The van der Waals surface area contributed by atoms with Gasteiger partial charge in [-0.05, 0) is 30.7 Å². The fourth-order valence-electron chi connectivity index (χ4n) is 3.58. The second-order valence-corrected chi connectivity index (χ2v) is 10.7. The summed E-state index contributed by atoms with van der Waals surface area (Å²) < 4.78 is 24.7. The normalized spacial score (nSPS) is 16.3. The molecule has 1 fully saturated rings. The Kier molecular flexibility index (Phi) is 6.33. The van der Waals surface area contributed by atoms with Crippen LogP contribution in [0.3, 0.4) is 0 Å². The van der Waals surface area contributed by atoms with Crippen molar-refractivity contribution >= 4 is 43.8 Å². The molecular formula is C22H22N4O4S2. The molecule has 0 saturated carbocycles. The van der Waals surface area contributed by atoms with E-state index in [1.54, 1.807) is 23.1 Å². The van der Waals surface area contributed by atoms with E-state index in [2.05, 4.69) is 15.5 Å². The molecule has 8 nitrogen and oxygen atoms in total. The number of amides is 2. The van der Waals surface area contributed by atoms with Gasteiger partial charge in [-0.1, -0.05) is 47.7 Å². The maximum Gasteiger partial charge on any atom is 0.227 e. The van der Waals surface area contributed by atoms with Gasteiger partial charge in [-0.2, -0.15) is 0 Å². The largest absolute Gasteiger partial charge is 0.311 e. The minimum atomic E-state index is -3.53. The number of anilines is 2. The molecule has 1 aliphatic rings. The molecule has 2 heterocycles. The Morgan fingerprint density at radius 2 is 1.84 bits per heavy atom. The number of para-hydroxylation sites is 1. The van der Waals surface area contributed by atoms with Crippen LogP contribution in [0.1, 0.15) is 29.3 Å². The summed E-state index contributed by atoms with van der Waals surface area (Å²) in [4.78, 5) is 26.7. The number of benzene rings is 2. The lowest BCUT2D eigenvalue weighted by molar-refractivity contribution is -0.117. The van der Waals surface area contributed by atoms with E-state index in [1.165, 1.54) is 23.5 Å². The Bertz CT molecular complexity index is 1240. The van der Waals surface area contributed by atoms with Gasteiger partial charge >= 0.3 is 0 Å². The van der Waals surface area contributed by atoms with Crippen molar-refractivity contribution in [3.63, 3.8) is 0 Å². The molecule has 1 aliphatic heterocycles. The molecule has 10 heteroatoms. The summed E-state index contributed by atoms with van der Waals surface area (Å²) in [7, 11) is -3.53. The van der Waals surface area contributed by atoms with Gasteiger partial charge in [0.05, 0.1) is 10.6 Å². The van der Waals surface area contributed by atoms with Crippen molar-refractivity contribution in [1.29, 1.82) is 0 Å². The Morgan fingerprint density at radius 3 is 2.59 bits per heavy atom. The molecule has 1 N–H and O–H groups in total. The van der Waals surface area contributed by atoms with E-state index in [4.69, 9.17) is 0 Å². The van der Waals surface area contributed by atoms with Crippen LogP contribution in [0.15, 0.2) is 59.5 Å². The van der Waals surface area contributed by atoms with Crippen LogP contribution in [-0.2, 0) is 19.4 Å². The lowest BCUT2D eigenvalue weighted by Gasteiger charge is -2.18. The molecule has 0 radical (unpaired) electrons. The van der Waals surface area contributed by atoms with Crippen molar-refractivity contribution in [2.24, 2.45) is 0 Å². The standard InChI is InChI=1S/C22H22N4O4S2/c1-15-7-5-6-10-18(15)26-14-16(13-20(26)28)21-24-25-22(31-21)23-19(27)11-12-32(29,30)17-8-3-2-4-9-17/h2-10,16H,11-14H2,1H3,(H,23,25,27)/t16-/m1/s1. The highest BCUT2D eigenvalue weighted by Crippen LogP contribution is 2.35. The first-order valence-corrected chi connectivity index (χ1v) is 12.6. The van der Waals surface area contributed by atoms with Crippen molar-refractivity contribution in [2.75, 3.05) is 22.5 Å². The number of carbonyl (C=O) groups is 2. The smallest absolute Gasteiger partial charge is 0.227 e. The van der Waals surface area contributed by atoms with Crippen molar-refractivity contribution in [3.8, 4) is 0 Å². The Balaban J connectivity index is 1.35. The molecule has 2 aromatic carbocycles. The number of rotatable bonds is 7. The van der Waals surface area contributed by atoms with Crippen LogP contribution in [0.5, 0.6) is 0 Å². The predicted octanol–water partition coefficient (Wildman–Crippen LogP) is 3.17. The van der Waals surface area contributed by atoms with Crippen LogP contribution in [-0.4, -0.2) is 42.7 Å². The average Bonchev–Trinajstić information content (AvgIpc) is 3.40. The van der Waals surface area contributed by atoms with Gasteiger partial charge in [-0.15, -0.1) is 10.2 Å². The number of carbonyl (C=O) groups excluding carboxylic acids is 2. The minimum absolute atomic E-state index is 0.0243. The average molecular weight is 471 g/mol. The SMILES string of the molecule is Cc1ccccc1N1C[C@H](c2nnc(NC(=O)CCS(=O)(=O)c3ccccc3)s2)CC1=O. The van der Waals surface area contributed by atoms with E-state index in [1.807, 2.05) is 31.2 Å². The van der Waals surface area contributed by atoms with Crippen molar-refractivity contribution < 1.29 is 18.0 Å². The molecule has 4 rings (SSSR count). The molecular weight excluding hydrogens is 448 g/mol. The second kappa shape index (κ2) is 9.17. The number of aromatic nitrogens is 2. The topological polar surface area (TPSA) is 109 Å². The maximum atomic E-state index is 12.5. The van der Waals surface area contributed by atoms with Gasteiger partial charge in [-0.3, -0.25) is 9.59 Å². The van der Waals surface area contributed by atoms with Crippen LogP contribution in [0.25, 0.3) is 0 Å². The highest BCUT2D eigenvalue weighted by atomic mass is 32.2. The minimum Gasteiger partial charge on any atom is -0.311 e. The summed E-state index contributed by atoms with van der Waals surface area (Å²) in [6, 6.07) is 15.8. The van der Waals surface area contributed by atoms with Crippen LogP contribution >= 0.6 is 11.3 Å². The summed E-state index contributed by atoms with van der Waals surface area (Å²) >= 11 is 1.21. The maximum absolute atomic E-state index is 12.5. The molecule has 0 spiro atoms. The zero-order chi connectivity index (χ0) is 22.7. The molecule has 1 aromatic heterocycles. The van der Waals surface area contributed by atoms with Gasteiger partial charge < -0.3 is 10.2 Å². The molecule has 0 unspecified atom stereocenters. The summed E-state index contributed by atoms with van der Waals surface area (Å²) in [6.07, 6.45) is 0.140. The van der Waals surface area contributed by atoms with Crippen LogP contribution in [0.4, 0.5) is 10.8 Å². The second-order valence-electron chi connectivity index (χ2n) is 7.57. The number of hydrogen-bond donors (Lipinski definition) is 1. The van der Waals surface area contributed by atoms with Crippen molar-refractivity contribution in [2.45, 2.75) is 30.6 Å². The van der Waals surface area contributed by atoms with Gasteiger partial charge in [0.25, 0.3) is 0 Å². The first kappa shape index (κ1) is 22.1. The molecule has 3 aromatic rings. The highest BCUT2D eigenvalue weighted by molar-refractivity contribution is 7.91. The third kappa shape index (κ3) is 4.86. The zero-order valence-corrected chi connectivity index (χ0v) is 19.0. The van der Waals surface area contributed by atoms with E-state index in [-0.39, 0.29) is 28.9 Å². The molecule has 1 atom stereocenters. The Hall–Kier alpha value is -3.11. The quantitative estimate of drug-likeness (QED) is 0.568. The van der Waals surface area contributed by atoms with Crippen LogP contribution < -0.4 is 10.2 Å². The van der Waals surface area contributed by atoms with E-state index in [0.717, 1.165) is 11.3 Å². The number of nitrogens with zero attached hydrogens (tertiary/aromatic N) is 3. The van der Waals surface area contributed by atoms with Gasteiger partial charge in [0.1, 0.15) is 5.01 Å². The monoisotopic (exact) mass is 470 g/mol. The molecule has 0 aliphatic carbocycles. The number of aryl methyl sites for hydroxylation is 1. The highest BCUT2D eigenvalue weighted by Gasteiger charge is 2.34. The van der Waals surface area contributed by atoms with Gasteiger partial charge in [0, 0.05) is 31.0 Å². The number of sulfone groups is 1. The Labute approximate surface area is 190 Å². The van der Waals surface area contributed by atoms with Gasteiger partial charge in [-0.25, -0.2) is 8.42 Å². The molecule has 0 bridgehead atoms. The lowest BCUT2D eigenvalue weighted by Crippen LogP contribution is -2.25. The van der Waals surface area contributed by atoms with E-state index in [9.17, 15) is 18.0 Å². The van der Waals surface area contributed by atoms with Gasteiger partial charge in [0.2, 0.25) is 16.9 Å². The molecule has 1 saturated heterocycles. The summed E-state index contributed by atoms with van der Waals surface area (Å²) in [5.41, 5.74) is 1.91. The first-order chi connectivity index (χ1) is 15.3.